The van der Waals surface area contributed by atoms with Crippen molar-refractivity contribution in [2.45, 2.75) is 13.0 Å². The van der Waals surface area contributed by atoms with E-state index in [1.165, 1.54) is 0 Å². The van der Waals surface area contributed by atoms with Crippen LogP contribution in [-0.2, 0) is 13.0 Å². The van der Waals surface area contributed by atoms with Crippen LogP contribution in [0.15, 0.2) is 48.5 Å². The molecule has 4 heteroatoms. The van der Waals surface area contributed by atoms with Crippen molar-refractivity contribution in [3.05, 3.63) is 65.2 Å². The fourth-order valence-corrected chi connectivity index (χ4v) is 1.80. The number of rotatable bonds is 5. The summed E-state index contributed by atoms with van der Waals surface area (Å²) >= 11 is 0. The second-order valence-electron chi connectivity index (χ2n) is 4.41. The first-order chi connectivity index (χ1) is 9.72. The Labute approximate surface area is 117 Å². The summed E-state index contributed by atoms with van der Waals surface area (Å²) in [6, 6.07) is 14.1. The van der Waals surface area contributed by atoms with Gasteiger partial charge in [-0.15, -0.1) is 0 Å². The Morgan fingerprint density at radius 2 is 1.60 bits per heavy atom. The van der Waals surface area contributed by atoms with Gasteiger partial charge in [-0.2, -0.15) is 0 Å². The number of hydrogen-bond acceptors (Lipinski definition) is 4. The minimum Gasteiger partial charge on any atom is -0.423 e. The second kappa shape index (κ2) is 6.84. The lowest BCUT2D eigenvalue weighted by molar-refractivity contribution is 0.0734. The molecule has 0 aromatic heterocycles. The molecule has 0 radical (unpaired) electrons. The molecule has 0 spiro atoms. The zero-order chi connectivity index (χ0) is 14.4. The van der Waals surface area contributed by atoms with Gasteiger partial charge in [-0.25, -0.2) is 4.79 Å². The molecule has 0 saturated carbocycles. The molecule has 0 aliphatic heterocycles. The van der Waals surface area contributed by atoms with Gasteiger partial charge < -0.3 is 15.6 Å². The number of nitrogens with two attached hydrogens (primary N) is 1. The lowest BCUT2D eigenvalue weighted by Gasteiger charge is -2.06. The van der Waals surface area contributed by atoms with Gasteiger partial charge in [0.25, 0.3) is 0 Å². The van der Waals surface area contributed by atoms with Crippen LogP contribution in [0.3, 0.4) is 0 Å². The molecular weight excluding hydrogens is 254 g/mol. The highest BCUT2D eigenvalue weighted by Gasteiger charge is 2.08. The second-order valence-corrected chi connectivity index (χ2v) is 4.41. The molecule has 2 rings (SSSR count). The quantitative estimate of drug-likeness (QED) is 0.643. The van der Waals surface area contributed by atoms with Crippen LogP contribution in [0.5, 0.6) is 5.75 Å². The predicted molar refractivity (Wildman–Crippen MR) is 76.5 cm³/mol. The first-order valence-corrected chi connectivity index (χ1v) is 6.44. The number of carbonyl (C=O) groups is 1. The molecule has 0 amide bonds. The van der Waals surface area contributed by atoms with Crippen molar-refractivity contribution in [3.8, 4) is 5.75 Å². The van der Waals surface area contributed by atoms with Crippen LogP contribution in [-0.4, -0.2) is 17.7 Å². The van der Waals surface area contributed by atoms with Crippen LogP contribution in [0.2, 0.25) is 0 Å². The van der Waals surface area contributed by atoms with Crippen LogP contribution in [0.1, 0.15) is 21.5 Å². The molecule has 3 N–H and O–H groups in total. The lowest BCUT2D eigenvalue weighted by Crippen LogP contribution is -2.08. The molecule has 0 aliphatic carbocycles. The fourth-order valence-electron chi connectivity index (χ4n) is 1.80. The number of ether oxygens (including phenoxy) is 1. The highest BCUT2D eigenvalue weighted by atomic mass is 16.5. The van der Waals surface area contributed by atoms with E-state index in [2.05, 4.69) is 0 Å². The van der Waals surface area contributed by atoms with Crippen LogP contribution in [0.25, 0.3) is 0 Å². The van der Waals surface area contributed by atoms with Gasteiger partial charge in [-0.3, -0.25) is 0 Å². The summed E-state index contributed by atoms with van der Waals surface area (Å²) in [4.78, 5) is 11.9. The molecule has 0 atom stereocenters. The number of hydrogen-bond donors (Lipinski definition) is 2. The summed E-state index contributed by atoms with van der Waals surface area (Å²) < 4.78 is 5.27. The van der Waals surface area contributed by atoms with Crippen molar-refractivity contribution in [3.63, 3.8) is 0 Å². The summed E-state index contributed by atoms with van der Waals surface area (Å²) in [5.41, 5.74) is 7.96. The summed E-state index contributed by atoms with van der Waals surface area (Å²) in [5, 5.41) is 8.83. The standard InChI is InChI=1S/C16H17NO3/c17-11-13-1-5-14(6-2-13)16(19)20-15-7-3-12(4-8-15)9-10-18/h1-8,18H,9-11,17H2. The Morgan fingerprint density at radius 1 is 1.00 bits per heavy atom. The van der Waals surface area contributed by atoms with Crippen molar-refractivity contribution in [1.82, 2.24) is 0 Å². The molecule has 104 valence electrons. The molecule has 0 unspecified atom stereocenters. The minimum absolute atomic E-state index is 0.104. The van der Waals surface area contributed by atoms with Gasteiger partial charge in [-0.05, 0) is 41.8 Å². The monoisotopic (exact) mass is 271 g/mol. The Hall–Kier alpha value is -2.17. The van der Waals surface area contributed by atoms with E-state index in [1.807, 2.05) is 12.1 Å². The molecule has 0 fully saturated rings. The number of aliphatic hydroxyl groups is 1. The normalized spacial score (nSPS) is 10.3. The molecule has 0 bridgehead atoms. The van der Waals surface area contributed by atoms with Gasteiger partial charge in [0.1, 0.15) is 5.75 Å². The maximum absolute atomic E-state index is 11.9. The zero-order valence-corrected chi connectivity index (χ0v) is 11.1. The van der Waals surface area contributed by atoms with Gasteiger partial charge in [0.2, 0.25) is 0 Å². The van der Waals surface area contributed by atoms with E-state index in [-0.39, 0.29) is 6.61 Å². The van der Waals surface area contributed by atoms with Crippen LogP contribution in [0.4, 0.5) is 0 Å². The fraction of sp³-hybridized carbons (Fsp3) is 0.188. The SMILES string of the molecule is NCc1ccc(C(=O)Oc2ccc(CCO)cc2)cc1. The molecule has 0 heterocycles. The topological polar surface area (TPSA) is 72.6 Å². The highest BCUT2D eigenvalue weighted by Crippen LogP contribution is 2.15. The van der Waals surface area contributed by atoms with E-state index in [0.717, 1.165) is 11.1 Å². The lowest BCUT2D eigenvalue weighted by atomic mass is 10.1. The van der Waals surface area contributed by atoms with E-state index < -0.39 is 5.97 Å². The van der Waals surface area contributed by atoms with Crippen molar-refractivity contribution >= 4 is 5.97 Å². The average molecular weight is 271 g/mol. The summed E-state index contributed by atoms with van der Waals surface area (Å²) in [6.45, 7) is 0.550. The Bertz CT molecular complexity index is 561. The van der Waals surface area contributed by atoms with Crippen LogP contribution in [0, 0.1) is 0 Å². The average Bonchev–Trinajstić information content (AvgIpc) is 2.49. The van der Waals surface area contributed by atoms with E-state index >= 15 is 0 Å². The minimum atomic E-state index is -0.400. The molecule has 20 heavy (non-hydrogen) atoms. The molecular formula is C16H17NO3. The van der Waals surface area contributed by atoms with Crippen molar-refractivity contribution in [2.24, 2.45) is 5.73 Å². The summed E-state index contributed by atoms with van der Waals surface area (Å²) in [6.07, 6.45) is 0.592. The largest absolute Gasteiger partial charge is 0.423 e. The Kier molecular flexibility index (Phi) is 4.87. The Morgan fingerprint density at radius 3 is 2.15 bits per heavy atom. The van der Waals surface area contributed by atoms with Crippen LogP contribution < -0.4 is 10.5 Å². The molecule has 2 aromatic rings. The van der Waals surface area contributed by atoms with Crippen molar-refractivity contribution in [1.29, 1.82) is 0 Å². The van der Waals surface area contributed by atoms with Gasteiger partial charge >= 0.3 is 5.97 Å². The van der Waals surface area contributed by atoms with Crippen molar-refractivity contribution in [2.75, 3.05) is 6.61 Å². The van der Waals surface area contributed by atoms with Crippen molar-refractivity contribution < 1.29 is 14.6 Å². The Balaban J connectivity index is 2.02. The molecule has 4 nitrogen and oxygen atoms in total. The maximum Gasteiger partial charge on any atom is 0.343 e. The maximum atomic E-state index is 11.9. The van der Waals surface area contributed by atoms with Crippen LogP contribution >= 0.6 is 0 Å². The number of esters is 1. The first-order valence-electron chi connectivity index (χ1n) is 6.44. The summed E-state index contributed by atoms with van der Waals surface area (Å²) in [5.74, 6) is 0.0862. The van der Waals surface area contributed by atoms with Gasteiger partial charge in [-0.1, -0.05) is 24.3 Å². The van der Waals surface area contributed by atoms with Gasteiger partial charge in [0.15, 0.2) is 0 Å². The third-order valence-electron chi connectivity index (χ3n) is 2.96. The van der Waals surface area contributed by atoms with E-state index in [9.17, 15) is 4.79 Å². The molecule has 0 aliphatic rings. The molecule has 0 saturated heterocycles. The zero-order valence-electron chi connectivity index (χ0n) is 11.1. The third-order valence-corrected chi connectivity index (χ3v) is 2.96. The smallest absolute Gasteiger partial charge is 0.343 e. The molecule has 2 aromatic carbocycles. The first kappa shape index (κ1) is 14.2. The predicted octanol–water partition coefficient (Wildman–Crippen LogP) is 1.90. The third kappa shape index (κ3) is 3.66. The van der Waals surface area contributed by atoms with Gasteiger partial charge in [0.05, 0.1) is 5.56 Å². The summed E-state index contributed by atoms with van der Waals surface area (Å²) in [7, 11) is 0. The number of benzene rings is 2. The van der Waals surface area contributed by atoms with Gasteiger partial charge in [0, 0.05) is 13.2 Å². The number of carbonyl (C=O) groups excluding carboxylic acids is 1. The van der Waals surface area contributed by atoms with E-state index in [4.69, 9.17) is 15.6 Å². The highest BCUT2D eigenvalue weighted by molar-refractivity contribution is 5.91. The van der Waals surface area contributed by atoms with E-state index in [1.54, 1.807) is 36.4 Å². The number of aliphatic hydroxyl groups excluding tert-OH is 1. The van der Waals surface area contributed by atoms with E-state index in [0.29, 0.717) is 24.3 Å².